The normalized spacial score (nSPS) is 16.9. The number of methoxy groups -OCH3 is 1. The van der Waals surface area contributed by atoms with Crippen molar-refractivity contribution in [1.82, 2.24) is 0 Å². The molecule has 0 radical (unpaired) electrons. The van der Waals surface area contributed by atoms with Crippen molar-refractivity contribution >= 4 is 0 Å². The van der Waals surface area contributed by atoms with Crippen LogP contribution in [-0.2, 0) is 0 Å². The van der Waals surface area contributed by atoms with E-state index in [1.165, 1.54) is 12.8 Å². The Bertz CT molecular complexity index is 359. The monoisotopic (exact) mass is 221 g/mol. The van der Waals surface area contributed by atoms with Crippen LogP contribution in [0.4, 0.5) is 0 Å². The molecule has 16 heavy (non-hydrogen) atoms. The molecule has 2 N–H and O–H groups in total. The Kier molecular flexibility index (Phi) is 3.34. The van der Waals surface area contributed by atoms with Gasteiger partial charge in [-0.3, -0.25) is 0 Å². The summed E-state index contributed by atoms with van der Waals surface area (Å²) in [6.07, 6.45) is 2.58. The minimum atomic E-state index is -0.0784. The molecule has 2 rings (SSSR count). The van der Waals surface area contributed by atoms with Gasteiger partial charge in [-0.1, -0.05) is 6.07 Å². The van der Waals surface area contributed by atoms with E-state index < -0.39 is 0 Å². The molecule has 88 valence electrons. The van der Waals surface area contributed by atoms with Crippen molar-refractivity contribution in [1.29, 1.82) is 0 Å². The fourth-order valence-corrected chi connectivity index (χ4v) is 1.77. The molecule has 0 saturated heterocycles. The maximum atomic E-state index is 5.95. The summed E-state index contributed by atoms with van der Waals surface area (Å²) in [6, 6.07) is 5.74. The highest BCUT2D eigenvalue weighted by Crippen LogP contribution is 2.35. The Hall–Kier alpha value is -1.22. The van der Waals surface area contributed by atoms with Gasteiger partial charge in [-0.25, -0.2) is 0 Å². The van der Waals surface area contributed by atoms with Crippen LogP contribution < -0.4 is 15.2 Å². The predicted molar refractivity (Wildman–Crippen MR) is 63.8 cm³/mol. The summed E-state index contributed by atoms with van der Waals surface area (Å²) >= 11 is 0. The third kappa shape index (κ3) is 2.47. The molecule has 0 aromatic heterocycles. The Morgan fingerprint density at radius 1 is 1.38 bits per heavy atom. The number of benzene rings is 1. The fourth-order valence-electron chi connectivity index (χ4n) is 1.77. The minimum absolute atomic E-state index is 0.0784. The van der Waals surface area contributed by atoms with Gasteiger partial charge in [0.2, 0.25) is 0 Å². The molecular formula is C13H19NO2. The first-order chi connectivity index (χ1) is 7.72. The van der Waals surface area contributed by atoms with E-state index in [1.807, 2.05) is 25.1 Å². The van der Waals surface area contributed by atoms with Crippen LogP contribution in [0.1, 0.15) is 31.4 Å². The summed E-state index contributed by atoms with van der Waals surface area (Å²) in [5, 5.41) is 0. The number of hydrogen-bond acceptors (Lipinski definition) is 3. The van der Waals surface area contributed by atoms with Gasteiger partial charge in [-0.15, -0.1) is 0 Å². The summed E-state index contributed by atoms with van der Waals surface area (Å²) < 4.78 is 11.1. The van der Waals surface area contributed by atoms with Crippen molar-refractivity contribution in [2.45, 2.75) is 25.8 Å². The average molecular weight is 221 g/mol. The molecule has 1 fully saturated rings. The first-order valence-electron chi connectivity index (χ1n) is 5.77. The van der Waals surface area contributed by atoms with E-state index in [0.717, 1.165) is 29.6 Å². The molecule has 0 spiro atoms. The zero-order chi connectivity index (χ0) is 11.5. The lowest BCUT2D eigenvalue weighted by molar-refractivity contribution is 0.292. The summed E-state index contributed by atoms with van der Waals surface area (Å²) in [5.41, 5.74) is 6.92. The highest BCUT2D eigenvalue weighted by molar-refractivity contribution is 5.46. The fraction of sp³-hybridized carbons (Fsp3) is 0.538. The standard InChI is InChI=1S/C13H19NO2/c1-9(14)13-11(15-2)4-3-5-12(13)16-8-10-6-7-10/h3-5,9-10H,6-8,14H2,1-2H3/t9-/m0/s1. The SMILES string of the molecule is COc1cccc(OCC2CC2)c1[C@H](C)N. The summed E-state index contributed by atoms with van der Waals surface area (Å²) in [6.45, 7) is 2.74. The Morgan fingerprint density at radius 2 is 2.06 bits per heavy atom. The molecule has 1 saturated carbocycles. The predicted octanol–water partition coefficient (Wildman–Crippen LogP) is 2.50. The van der Waals surface area contributed by atoms with Crippen molar-refractivity contribution in [2.24, 2.45) is 11.7 Å². The molecule has 1 aliphatic rings. The van der Waals surface area contributed by atoms with Crippen molar-refractivity contribution in [3.05, 3.63) is 23.8 Å². The van der Waals surface area contributed by atoms with E-state index in [1.54, 1.807) is 7.11 Å². The van der Waals surface area contributed by atoms with E-state index in [0.29, 0.717) is 0 Å². The second kappa shape index (κ2) is 4.74. The van der Waals surface area contributed by atoms with Crippen molar-refractivity contribution in [2.75, 3.05) is 13.7 Å². The number of nitrogens with two attached hydrogens (primary N) is 1. The van der Waals surface area contributed by atoms with Crippen molar-refractivity contribution < 1.29 is 9.47 Å². The van der Waals surface area contributed by atoms with E-state index >= 15 is 0 Å². The second-order valence-corrected chi connectivity index (χ2v) is 4.42. The zero-order valence-corrected chi connectivity index (χ0v) is 9.90. The summed E-state index contributed by atoms with van der Waals surface area (Å²) in [4.78, 5) is 0. The summed E-state index contributed by atoms with van der Waals surface area (Å²) in [7, 11) is 1.66. The van der Waals surface area contributed by atoms with Gasteiger partial charge >= 0.3 is 0 Å². The van der Waals surface area contributed by atoms with Crippen LogP contribution in [0, 0.1) is 5.92 Å². The quantitative estimate of drug-likeness (QED) is 0.830. The molecule has 1 aromatic rings. The lowest BCUT2D eigenvalue weighted by atomic mass is 10.1. The Morgan fingerprint density at radius 3 is 2.62 bits per heavy atom. The largest absolute Gasteiger partial charge is 0.496 e. The first-order valence-corrected chi connectivity index (χ1v) is 5.77. The van der Waals surface area contributed by atoms with Gasteiger partial charge in [0.25, 0.3) is 0 Å². The van der Waals surface area contributed by atoms with Crippen LogP contribution >= 0.6 is 0 Å². The van der Waals surface area contributed by atoms with Crippen LogP contribution in [0.25, 0.3) is 0 Å². The van der Waals surface area contributed by atoms with E-state index in [-0.39, 0.29) is 6.04 Å². The molecule has 3 nitrogen and oxygen atoms in total. The molecule has 3 heteroatoms. The number of ether oxygens (including phenoxy) is 2. The van der Waals surface area contributed by atoms with Crippen molar-refractivity contribution in [3.8, 4) is 11.5 Å². The van der Waals surface area contributed by atoms with E-state index in [9.17, 15) is 0 Å². The smallest absolute Gasteiger partial charge is 0.127 e. The van der Waals surface area contributed by atoms with Gasteiger partial charge in [0.1, 0.15) is 11.5 Å². The second-order valence-electron chi connectivity index (χ2n) is 4.42. The van der Waals surface area contributed by atoms with Crippen LogP contribution in [0.5, 0.6) is 11.5 Å². The number of hydrogen-bond donors (Lipinski definition) is 1. The topological polar surface area (TPSA) is 44.5 Å². The Balaban J connectivity index is 2.19. The van der Waals surface area contributed by atoms with E-state index in [2.05, 4.69) is 0 Å². The molecule has 0 heterocycles. The molecular weight excluding hydrogens is 202 g/mol. The van der Waals surface area contributed by atoms with Crippen molar-refractivity contribution in [3.63, 3.8) is 0 Å². The lowest BCUT2D eigenvalue weighted by Gasteiger charge is -2.17. The highest BCUT2D eigenvalue weighted by atomic mass is 16.5. The van der Waals surface area contributed by atoms with Crippen LogP contribution in [-0.4, -0.2) is 13.7 Å². The molecule has 1 atom stereocenters. The molecule has 1 aromatic carbocycles. The molecule has 0 bridgehead atoms. The lowest BCUT2D eigenvalue weighted by Crippen LogP contribution is -2.10. The van der Waals surface area contributed by atoms with Gasteiger partial charge in [0.15, 0.2) is 0 Å². The molecule has 1 aliphatic carbocycles. The van der Waals surface area contributed by atoms with Gasteiger partial charge < -0.3 is 15.2 Å². The maximum absolute atomic E-state index is 5.95. The maximum Gasteiger partial charge on any atom is 0.127 e. The van der Waals surface area contributed by atoms with Gasteiger partial charge in [0.05, 0.1) is 19.3 Å². The molecule has 0 unspecified atom stereocenters. The minimum Gasteiger partial charge on any atom is -0.496 e. The van der Waals surface area contributed by atoms with Crippen LogP contribution in [0.3, 0.4) is 0 Å². The van der Waals surface area contributed by atoms with E-state index in [4.69, 9.17) is 15.2 Å². The van der Waals surface area contributed by atoms with Gasteiger partial charge in [0, 0.05) is 6.04 Å². The molecule has 0 aliphatic heterocycles. The first kappa shape index (κ1) is 11.3. The van der Waals surface area contributed by atoms with Crippen LogP contribution in [0.2, 0.25) is 0 Å². The van der Waals surface area contributed by atoms with Gasteiger partial charge in [-0.05, 0) is 37.8 Å². The Labute approximate surface area is 96.5 Å². The third-order valence-corrected chi connectivity index (χ3v) is 2.87. The average Bonchev–Trinajstić information content (AvgIpc) is 3.09. The van der Waals surface area contributed by atoms with Gasteiger partial charge in [-0.2, -0.15) is 0 Å². The number of rotatable bonds is 5. The molecule has 0 amide bonds. The highest BCUT2D eigenvalue weighted by Gasteiger charge is 2.23. The van der Waals surface area contributed by atoms with Crippen LogP contribution in [0.15, 0.2) is 18.2 Å². The zero-order valence-electron chi connectivity index (χ0n) is 9.90. The third-order valence-electron chi connectivity index (χ3n) is 2.87. The summed E-state index contributed by atoms with van der Waals surface area (Å²) in [5.74, 6) is 2.41.